The van der Waals surface area contributed by atoms with Crippen LogP contribution >= 0.6 is 0 Å². The third kappa shape index (κ3) is 2.52. The monoisotopic (exact) mass is 263 g/mol. The maximum Gasteiger partial charge on any atom is 0.414 e. The number of carboxylic acids is 1. The number of fused-ring (bicyclic) bond motifs is 1. The highest BCUT2D eigenvalue weighted by molar-refractivity contribution is 5.97. The predicted molar refractivity (Wildman–Crippen MR) is 67.8 cm³/mol. The van der Waals surface area contributed by atoms with E-state index in [4.69, 9.17) is 14.6 Å². The van der Waals surface area contributed by atoms with Gasteiger partial charge in [-0.3, -0.25) is 4.90 Å². The number of nitrogens with zero attached hydrogens (tertiary/aromatic N) is 1. The molecule has 1 N–H and O–H groups in total. The summed E-state index contributed by atoms with van der Waals surface area (Å²) in [7, 11) is 0. The first-order valence-corrected chi connectivity index (χ1v) is 5.69. The zero-order valence-corrected chi connectivity index (χ0v) is 10.2. The van der Waals surface area contributed by atoms with E-state index in [1.165, 1.54) is 17.0 Å². The van der Waals surface area contributed by atoms with E-state index in [1.807, 2.05) is 0 Å². The van der Waals surface area contributed by atoms with Crippen molar-refractivity contribution < 1.29 is 24.2 Å². The molecule has 0 fully saturated rings. The number of rotatable bonds is 3. The number of amides is 1. The Labute approximate surface area is 109 Å². The third-order valence-electron chi connectivity index (χ3n) is 2.62. The summed E-state index contributed by atoms with van der Waals surface area (Å²) in [5.74, 6) is -0.907. The normalized spacial score (nSPS) is 13.2. The minimum absolute atomic E-state index is 0.0266. The number of benzene rings is 1. The quantitative estimate of drug-likeness (QED) is 0.843. The molecule has 1 heterocycles. The number of hydrogen-bond acceptors (Lipinski definition) is 4. The minimum Gasteiger partial charge on any atom is -0.489 e. The van der Waals surface area contributed by atoms with Gasteiger partial charge in [-0.15, -0.1) is 0 Å². The summed E-state index contributed by atoms with van der Waals surface area (Å²) in [6.45, 7) is 4.10. The Bertz CT molecular complexity index is 526. The Morgan fingerprint density at radius 1 is 1.53 bits per heavy atom. The lowest BCUT2D eigenvalue weighted by Gasteiger charge is -2.29. The molecular weight excluding hydrogens is 250 g/mol. The molecule has 1 aliphatic heterocycles. The molecule has 1 aromatic carbocycles. The maximum absolute atomic E-state index is 11.9. The maximum atomic E-state index is 11.9. The molecule has 1 aromatic rings. The van der Waals surface area contributed by atoms with Crippen LogP contribution in [0.15, 0.2) is 30.9 Å². The van der Waals surface area contributed by atoms with Crippen molar-refractivity contribution >= 4 is 17.7 Å². The van der Waals surface area contributed by atoms with Gasteiger partial charge >= 0.3 is 12.1 Å². The van der Waals surface area contributed by atoms with Crippen LogP contribution in [0.25, 0.3) is 0 Å². The predicted octanol–water partition coefficient (Wildman–Crippen LogP) is 1.91. The van der Waals surface area contributed by atoms with Crippen molar-refractivity contribution in [2.24, 2.45) is 0 Å². The molecule has 0 saturated heterocycles. The molecule has 0 aliphatic carbocycles. The molecule has 0 radical (unpaired) electrons. The van der Waals surface area contributed by atoms with Crippen molar-refractivity contribution in [3.05, 3.63) is 36.4 Å². The van der Waals surface area contributed by atoms with E-state index >= 15 is 0 Å². The van der Waals surface area contributed by atoms with E-state index in [-0.39, 0.29) is 24.5 Å². The van der Waals surface area contributed by atoms with E-state index in [0.717, 1.165) is 0 Å². The molecule has 100 valence electrons. The second kappa shape index (κ2) is 5.43. The molecule has 0 saturated carbocycles. The van der Waals surface area contributed by atoms with E-state index in [0.29, 0.717) is 12.2 Å². The number of ether oxygens (including phenoxy) is 2. The molecule has 0 spiro atoms. The molecule has 0 bridgehead atoms. The van der Waals surface area contributed by atoms with Gasteiger partial charge in [0.05, 0.1) is 12.2 Å². The summed E-state index contributed by atoms with van der Waals surface area (Å²) < 4.78 is 10.3. The van der Waals surface area contributed by atoms with E-state index in [1.54, 1.807) is 12.1 Å². The van der Waals surface area contributed by atoms with Crippen molar-refractivity contribution in [1.82, 2.24) is 0 Å². The third-order valence-corrected chi connectivity index (χ3v) is 2.62. The Hall–Kier alpha value is -2.50. The van der Waals surface area contributed by atoms with Gasteiger partial charge in [0.2, 0.25) is 0 Å². The molecule has 0 aromatic heterocycles. The molecule has 6 nitrogen and oxygen atoms in total. The Kier molecular flexibility index (Phi) is 3.70. The Morgan fingerprint density at radius 3 is 3.00 bits per heavy atom. The van der Waals surface area contributed by atoms with Gasteiger partial charge in [0, 0.05) is 0 Å². The molecule has 6 heteroatoms. The van der Waals surface area contributed by atoms with Gasteiger partial charge in [-0.1, -0.05) is 18.7 Å². The van der Waals surface area contributed by atoms with E-state index in [9.17, 15) is 9.59 Å². The lowest BCUT2D eigenvalue weighted by atomic mass is 10.1. The van der Waals surface area contributed by atoms with Crippen LogP contribution in [0, 0.1) is 0 Å². The number of carbonyl (C=O) groups excluding carboxylic acids is 1. The minimum atomic E-state index is -1.10. The lowest BCUT2D eigenvalue weighted by Crippen LogP contribution is -2.38. The van der Waals surface area contributed by atoms with Crippen molar-refractivity contribution in [2.75, 3.05) is 24.7 Å². The fraction of sp³-hybridized carbons (Fsp3) is 0.231. The van der Waals surface area contributed by atoms with E-state index in [2.05, 4.69) is 6.58 Å². The fourth-order valence-corrected chi connectivity index (χ4v) is 1.81. The number of para-hydroxylation sites is 1. The van der Waals surface area contributed by atoms with Crippen molar-refractivity contribution in [3.63, 3.8) is 0 Å². The molecule has 0 unspecified atom stereocenters. The van der Waals surface area contributed by atoms with Crippen LogP contribution in [0.3, 0.4) is 0 Å². The van der Waals surface area contributed by atoms with E-state index < -0.39 is 12.1 Å². The van der Waals surface area contributed by atoms with Gasteiger partial charge in [-0.05, 0) is 12.1 Å². The average molecular weight is 263 g/mol. The van der Waals surface area contributed by atoms with Gasteiger partial charge in [0.15, 0.2) is 5.75 Å². The Balaban J connectivity index is 2.34. The topological polar surface area (TPSA) is 76.1 Å². The number of carboxylic acid groups (broad SMARTS) is 1. The smallest absolute Gasteiger partial charge is 0.414 e. The summed E-state index contributed by atoms with van der Waals surface area (Å²) in [4.78, 5) is 24.3. The fourth-order valence-electron chi connectivity index (χ4n) is 1.81. The number of carbonyl (C=O) groups is 2. The molecular formula is C13H13NO5. The van der Waals surface area contributed by atoms with Gasteiger partial charge in [0.1, 0.15) is 18.8 Å². The highest BCUT2D eigenvalue weighted by Crippen LogP contribution is 2.35. The van der Waals surface area contributed by atoms with Crippen LogP contribution in [0.2, 0.25) is 0 Å². The summed E-state index contributed by atoms with van der Waals surface area (Å²) in [5, 5.41) is 9.08. The Morgan fingerprint density at radius 2 is 2.32 bits per heavy atom. The standard InChI is InChI=1S/C13H13NO5/c1-2-7-19-13(17)14-6-8-18-11-9(12(15)16)4-3-5-10(11)14/h2-5H,1,6-8H2,(H,15,16). The van der Waals surface area contributed by atoms with Gasteiger partial charge < -0.3 is 14.6 Å². The number of hydrogen-bond donors (Lipinski definition) is 1. The van der Waals surface area contributed by atoms with Crippen LogP contribution in [-0.2, 0) is 4.74 Å². The highest BCUT2D eigenvalue weighted by Gasteiger charge is 2.28. The van der Waals surface area contributed by atoms with Crippen LogP contribution < -0.4 is 9.64 Å². The lowest BCUT2D eigenvalue weighted by molar-refractivity contribution is 0.0691. The van der Waals surface area contributed by atoms with Gasteiger partial charge in [0.25, 0.3) is 0 Å². The molecule has 19 heavy (non-hydrogen) atoms. The highest BCUT2D eigenvalue weighted by atomic mass is 16.6. The zero-order valence-electron chi connectivity index (χ0n) is 10.2. The summed E-state index contributed by atoms with van der Waals surface area (Å²) in [6.07, 6.45) is 0.916. The largest absolute Gasteiger partial charge is 0.489 e. The first-order valence-electron chi connectivity index (χ1n) is 5.69. The molecule has 1 aliphatic rings. The second-order valence-corrected chi connectivity index (χ2v) is 3.82. The van der Waals surface area contributed by atoms with Crippen LogP contribution in [-0.4, -0.2) is 36.9 Å². The molecule has 1 amide bonds. The van der Waals surface area contributed by atoms with Crippen molar-refractivity contribution in [2.45, 2.75) is 0 Å². The molecule has 2 rings (SSSR count). The van der Waals surface area contributed by atoms with Gasteiger partial charge in [-0.25, -0.2) is 9.59 Å². The zero-order chi connectivity index (χ0) is 13.8. The average Bonchev–Trinajstić information content (AvgIpc) is 2.43. The summed E-state index contributed by atoms with van der Waals surface area (Å²) >= 11 is 0. The van der Waals surface area contributed by atoms with Crippen LogP contribution in [0.4, 0.5) is 10.5 Å². The van der Waals surface area contributed by atoms with Crippen LogP contribution in [0.5, 0.6) is 5.75 Å². The van der Waals surface area contributed by atoms with Crippen LogP contribution in [0.1, 0.15) is 10.4 Å². The number of aromatic carboxylic acids is 1. The summed E-state index contributed by atoms with van der Waals surface area (Å²) in [6, 6.07) is 4.61. The first kappa shape index (κ1) is 12.9. The molecule has 0 atom stereocenters. The van der Waals surface area contributed by atoms with Gasteiger partial charge in [-0.2, -0.15) is 0 Å². The van der Waals surface area contributed by atoms with Crippen molar-refractivity contribution in [1.29, 1.82) is 0 Å². The SMILES string of the molecule is C=CCOC(=O)N1CCOc2c(C(=O)O)cccc21. The van der Waals surface area contributed by atoms with Crippen molar-refractivity contribution in [3.8, 4) is 5.75 Å². The number of anilines is 1. The first-order chi connectivity index (χ1) is 9.15. The summed E-state index contributed by atoms with van der Waals surface area (Å²) in [5.41, 5.74) is 0.430. The second-order valence-electron chi connectivity index (χ2n) is 3.82.